The van der Waals surface area contributed by atoms with Crippen molar-refractivity contribution in [3.63, 3.8) is 0 Å². The number of amides is 1. The van der Waals surface area contributed by atoms with E-state index >= 15 is 0 Å². The minimum atomic E-state index is -3.64. The third kappa shape index (κ3) is 5.09. The van der Waals surface area contributed by atoms with E-state index in [1.165, 1.54) is 25.1 Å². The molecule has 3 rings (SSSR count). The van der Waals surface area contributed by atoms with Crippen molar-refractivity contribution < 1.29 is 22.4 Å². The smallest absolute Gasteiger partial charge is 0.414 e. The SMILES string of the molecule is Cc1c(Cc2cccc(NS(=O)(=O)N(C)C)c2)c(=O)oc2cc(OC(=O)N(C)C)ccc12. The lowest BCUT2D eigenvalue weighted by atomic mass is 9.99. The molecule has 32 heavy (non-hydrogen) atoms. The molecule has 0 aliphatic carbocycles. The first kappa shape index (κ1) is 23.3. The molecule has 170 valence electrons. The molecule has 0 saturated heterocycles. The molecule has 0 fully saturated rings. The number of nitrogens with zero attached hydrogens (tertiary/aromatic N) is 2. The predicted octanol–water partition coefficient (Wildman–Crippen LogP) is 2.97. The molecule has 3 aromatic rings. The maximum Gasteiger partial charge on any atom is 0.414 e. The molecule has 0 bridgehead atoms. The maximum atomic E-state index is 12.7. The summed E-state index contributed by atoms with van der Waals surface area (Å²) in [5.41, 5.74) is 2.14. The molecular formula is C22H25N3O6S. The minimum Gasteiger partial charge on any atom is -0.422 e. The third-order valence-corrected chi connectivity index (χ3v) is 6.32. The molecule has 10 heteroatoms. The van der Waals surface area contributed by atoms with E-state index in [2.05, 4.69) is 4.72 Å². The third-order valence-electron chi connectivity index (χ3n) is 4.86. The Morgan fingerprint density at radius 1 is 1.09 bits per heavy atom. The highest BCUT2D eigenvalue weighted by Crippen LogP contribution is 2.26. The van der Waals surface area contributed by atoms with Gasteiger partial charge in [0.1, 0.15) is 11.3 Å². The van der Waals surface area contributed by atoms with Gasteiger partial charge in [-0.15, -0.1) is 0 Å². The van der Waals surface area contributed by atoms with Crippen LogP contribution in [0.1, 0.15) is 16.7 Å². The van der Waals surface area contributed by atoms with Gasteiger partial charge in [-0.05, 0) is 42.3 Å². The van der Waals surface area contributed by atoms with Crippen molar-refractivity contribution in [3.8, 4) is 5.75 Å². The van der Waals surface area contributed by atoms with Gasteiger partial charge in [-0.2, -0.15) is 12.7 Å². The van der Waals surface area contributed by atoms with Crippen molar-refractivity contribution in [2.45, 2.75) is 13.3 Å². The molecule has 0 unspecified atom stereocenters. The standard InChI is InChI=1S/C22H25N3O6S/c1-14-18-10-9-17(30-22(27)24(2)3)13-20(18)31-21(26)19(14)12-15-7-6-8-16(11-15)23-32(28,29)25(4)5/h6-11,13,23H,12H2,1-5H3. The summed E-state index contributed by atoms with van der Waals surface area (Å²) in [5.74, 6) is 0.271. The highest BCUT2D eigenvalue weighted by atomic mass is 32.2. The average molecular weight is 460 g/mol. The van der Waals surface area contributed by atoms with E-state index in [9.17, 15) is 18.0 Å². The van der Waals surface area contributed by atoms with Crippen LogP contribution in [0.4, 0.5) is 10.5 Å². The molecule has 1 amide bonds. The monoisotopic (exact) mass is 459 g/mol. The van der Waals surface area contributed by atoms with Crippen molar-refractivity contribution in [2.24, 2.45) is 0 Å². The van der Waals surface area contributed by atoms with Crippen molar-refractivity contribution in [1.29, 1.82) is 0 Å². The van der Waals surface area contributed by atoms with Crippen LogP contribution in [0.5, 0.6) is 5.75 Å². The molecule has 1 aromatic heterocycles. The van der Waals surface area contributed by atoms with Gasteiger partial charge >= 0.3 is 21.9 Å². The van der Waals surface area contributed by atoms with E-state index in [0.717, 1.165) is 15.4 Å². The number of hydrogen-bond donors (Lipinski definition) is 1. The van der Waals surface area contributed by atoms with Crippen molar-refractivity contribution in [1.82, 2.24) is 9.21 Å². The lowest BCUT2D eigenvalue weighted by Gasteiger charge is -2.14. The Morgan fingerprint density at radius 2 is 1.81 bits per heavy atom. The Morgan fingerprint density at radius 3 is 2.47 bits per heavy atom. The first-order valence-corrected chi connectivity index (χ1v) is 11.2. The van der Waals surface area contributed by atoms with E-state index in [4.69, 9.17) is 9.15 Å². The van der Waals surface area contributed by atoms with Crippen LogP contribution in [0.15, 0.2) is 51.7 Å². The Kier molecular flexibility index (Phi) is 6.56. The summed E-state index contributed by atoms with van der Waals surface area (Å²) in [5, 5.41) is 0.716. The largest absolute Gasteiger partial charge is 0.422 e. The fourth-order valence-corrected chi connectivity index (χ4v) is 3.63. The molecule has 1 N–H and O–H groups in total. The summed E-state index contributed by atoms with van der Waals surface area (Å²) >= 11 is 0. The van der Waals surface area contributed by atoms with Gasteiger partial charge in [0.05, 0.1) is 5.69 Å². The Bertz CT molecular complexity index is 1330. The molecular weight excluding hydrogens is 434 g/mol. The van der Waals surface area contributed by atoms with Gasteiger partial charge in [-0.1, -0.05) is 12.1 Å². The summed E-state index contributed by atoms with van der Waals surface area (Å²) < 4.78 is 38.4. The van der Waals surface area contributed by atoms with Crippen molar-refractivity contribution >= 4 is 33.0 Å². The molecule has 0 radical (unpaired) electrons. The maximum absolute atomic E-state index is 12.7. The minimum absolute atomic E-state index is 0.263. The lowest BCUT2D eigenvalue weighted by molar-refractivity contribution is 0.172. The number of hydrogen-bond acceptors (Lipinski definition) is 6. The van der Waals surface area contributed by atoms with E-state index in [1.807, 2.05) is 6.92 Å². The summed E-state index contributed by atoms with van der Waals surface area (Å²) in [4.78, 5) is 25.8. The lowest BCUT2D eigenvalue weighted by Crippen LogP contribution is -2.28. The normalized spacial score (nSPS) is 11.6. The van der Waals surface area contributed by atoms with Crippen LogP contribution in [0.3, 0.4) is 0 Å². The zero-order valence-corrected chi connectivity index (χ0v) is 19.3. The second-order valence-corrected chi connectivity index (χ2v) is 9.56. The first-order valence-electron chi connectivity index (χ1n) is 9.72. The highest BCUT2D eigenvalue weighted by molar-refractivity contribution is 7.90. The van der Waals surface area contributed by atoms with Gasteiger partial charge < -0.3 is 14.1 Å². The number of rotatable bonds is 6. The second-order valence-electron chi connectivity index (χ2n) is 7.68. The summed E-state index contributed by atoms with van der Waals surface area (Å²) in [7, 11) is 2.37. The number of carbonyl (C=O) groups is 1. The van der Waals surface area contributed by atoms with Crippen LogP contribution < -0.4 is 15.1 Å². The van der Waals surface area contributed by atoms with Gasteiger partial charge in [-0.3, -0.25) is 4.72 Å². The molecule has 9 nitrogen and oxygen atoms in total. The van der Waals surface area contributed by atoms with Crippen LogP contribution in [0.25, 0.3) is 11.0 Å². The number of ether oxygens (including phenoxy) is 1. The second kappa shape index (κ2) is 9.01. The van der Waals surface area contributed by atoms with E-state index < -0.39 is 21.9 Å². The topological polar surface area (TPSA) is 109 Å². The molecule has 0 atom stereocenters. The molecule has 0 aliphatic heterocycles. The highest BCUT2D eigenvalue weighted by Gasteiger charge is 2.16. The summed E-state index contributed by atoms with van der Waals surface area (Å²) in [6.07, 6.45) is -0.274. The van der Waals surface area contributed by atoms with Crippen LogP contribution in [-0.2, 0) is 16.6 Å². The van der Waals surface area contributed by atoms with Crippen LogP contribution >= 0.6 is 0 Å². The zero-order valence-electron chi connectivity index (χ0n) is 18.5. The zero-order chi connectivity index (χ0) is 23.6. The fourth-order valence-electron chi connectivity index (χ4n) is 3.02. The number of fused-ring (bicyclic) bond motifs is 1. The number of nitrogens with one attached hydrogen (secondary N) is 1. The van der Waals surface area contributed by atoms with Gasteiger partial charge in [0, 0.05) is 51.6 Å². The molecule has 0 saturated carbocycles. The van der Waals surface area contributed by atoms with Crippen molar-refractivity contribution in [2.75, 3.05) is 32.9 Å². The number of anilines is 1. The molecule has 1 heterocycles. The summed E-state index contributed by atoms with van der Waals surface area (Å²) in [6, 6.07) is 11.7. The Labute approximate surface area is 186 Å². The molecule has 2 aromatic carbocycles. The average Bonchev–Trinajstić information content (AvgIpc) is 2.70. The van der Waals surface area contributed by atoms with E-state index in [0.29, 0.717) is 22.2 Å². The number of carbonyl (C=O) groups excluding carboxylic acids is 1. The fraction of sp³-hybridized carbons (Fsp3) is 0.273. The number of benzene rings is 2. The summed E-state index contributed by atoms with van der Waals surface area (Å²) in [6.45, 7) is 1.82. The van der Waals surface area contributed by atoms with Gasteiger partial charge in [-0.25, -0.2) is 9.59 Å². The van der Waals surface area contributed by atoms with Gasteiger partial charge in [0.15, 0.2) is 0 Å². The van der Waals surface area contributed by atoms with Gasteiger partial charge in [0.25, 0.3) is 0 Å². The quantitative estimate of drug-likeness (QED) is 0.568. The predicted molar refractivity (Wildman–Crippen MR) is 122 cm³/mol. The first-order chi connectivity index (χ1) is 15.0. The van der Waals surface area contributed by atoms with Crippen LogP contribution in [-0.4, -0.2) is 51.9 Å². The molecule has 0 spiro atoms. The van der Waals surface area contributed by atoms with Gasteiger partial charge in [0.2, 0.25) is 0 Å². The van der Waals surface area contributed by atoms with E-state index in [-0.39, 0.29) is 12.2 Å². The van der Waals surface area contributed by atoms with Crippen LogP contribution in [0, 0.1) is 6.92 Å². The molecule has 0 aliphatic rings. The van der Waals surface area contributed by atoms with Crippen molar-refractivity contribution in [3.05, 3.63) is 69.6 Å². The Hall–Kier alpha value is -3.37. The Balaban J connectivity index is 1.92. The van der Waals surface area contributed by atoms with Crippen LogP contribution in [0.2, 0.25) is 0 Å². The van der Waals surface area contributed by atoms with E-state index in [1.54, 1.807) is 50.5 Å². The number of aryl methyl sites for hydroxylation is 1.